The van der Waals surface area contributed by atoms with E-state index in [0.717, 1.165) is 25.2 Å². The lowest BCUT2D eigenvalue weighted by molar-refractivity contribution is 0.659. The third kappa shape index (κ3) is 2.73. The number of benzene rings is 2. The zero-order valence-corrected chi connectivity index (χ0v) is 11.7. The van der Waals surface area contributed by atoms with Crippen molar-refractivity contribution in [2.75, 3.05) is 6.54 Å². The van der Waals surface area contributed by atoms with Crippen LogP contribution < -0.4 is 5.32 Å². The van der Waals surface area contributed by atoms with E-state index < -0.39 is 0 Å². The lowest BCUT2D eigenvalue weighted by Crippen LogP contribution is -2.17. The first kappa shape index (κ1) is 12.9. The van der Waals surface area contributed by atoms with E-state index in [2.05, 4.69) is 65.0 Å². The molecule has 1 aromatic heterocycles. The molecule has 0 aliphatic heterocycles. The van der Waals surface area contributed by atoms with E-state index in [1.165, 1.54) is 16.5 Å². The van der Waals surface area contributed by atoms with E-state index in [0.29, 0.717) is 0 Å². The summed E-state index contributed by atoms with van der Waals surface area (Å²) in [6.07, 6.45) is 1.05. The quantitative estimate of drug-likeness (QED) is 0.719. The molecule has 3 heteroatoms. The second-order valence-electron chi connectivity index (χ2n) is 5.00. The predicted octanol–water partition coefficient (Wildman–Crippen LogP) is 2.91. The molecular formula is C17H19N3. The molecule has 0 radical (unpaired) electrons. The van der Waals surface area contributed by atoms with Crippen molar-refractivity contribution in [1.29, 1.82) is 0 Å². The highest BCUT2D eigenvalue weighted by Crippen LogP contribution is 2.16. The summed E-state index contributed by atoms with van der Waals surface area (Å²) in [6, 6.07) is 18.9. The van der Waals surface area contributed by atoms with Crippen LogP contribution in [0.3, 0.4) is 0 Å². The molecule has 2 aromatic carbocycles. The van der Waals surface area contributed by atoms with Crippen molar-refractivity contribution in [3.63, 3.8) is 0 Å². The fraction of sp³-hybridized carbons (Fsp3) is 0.235. The maximum Gasteiger partial charge on any atom is 0.0841 e. The van der Waals surface area contributed by atoms with E-state index in [1.54, 1.807) is 0 Å². The van der Waals surface area contributed by atoms with Gasteiger partial charge in [-0.05, 0) is 24.6 Å². The van der Waals surface area contributed by atoms with Crippen molar-refractivity contribution < 1.29 is 0 Å². The molecule has 0 saturated carbocycles. The van der Waals surface area contributed by atoms with Gasteiger partial charge >= 0.3 is 0 Å². The van der Waals surface area contributed by atoms with Gasteiger partial charge < -0.3 is 5.32 Å². The molecule has 0 bridgehead atoms. The van der Waals surface area contributed by atoms with E-state index in [9.17, 15) is 0 Å². The summed E-state index contributed by atoms with van der Waals surface area (Å²) in [5.74, 6) is 0. The van der Waals surface area contributed by atoms with Gasteiger partial charge in [-0.25, -0.2) is 0 Å². The minimum atomic E-state index is 0.814. The lowest BCUT2D eigenvalue weighted by atomic mass is 10.1. The summed E-state index contributed by atoms with van der Waals surface area (Å²) < 4.78 is 1.95. The zero-order chi connectivity index (χ0) is 13.8. The van der Waals surface area contributed by atoms with Gasteiger partial charge in [0.15, 0.2) is 0 Å². The molecule has 3 aromatic rings. The minimum Gasteiger partial charge on any atom is -0.311 e. The summed E-state index contributed by atoms with van der Waals surface area (Å²) in [6.45, 7) is 1.78. The van der Waals surface area contributed by atoms with Crippen LogP contribution in [0.4, 0.5) is 0 Å². The van der Waals surface area contributed by atoms with Gasteiger partial charge in [0.2, 0.25) is 0 Å². The Kier molecular flexibility index (Phi) is 3.79. The van der Waals surface area contributed by atoms with Crippen LogP contribution >= 0.6 is 0 Å². The van der Waals surface area contributed by atoms with Crippen molar-refractivity contribution in [2.45, 2.75) is 13.0 Å². The van der Waals surface area contributed by atoms with Crippen LogP contribution in [0.25, 0.3) is 10.9 Å². The smallest absolute Gasteiger partial charge is 0.0841 e. The van der Waals surface area contributed by atoms with Gasteiger partial charge in [-0.15, -0.1) is 0 Å². The van der Waals surface area contributed by atoms with Crippen molar-refractivity contribution in [2.24, 2.45) is 7.05 Å². The monoisotopic (exact) mass is 265 g/mol. The first-order valence-corrected chi connectivity index (χ1v) is 7.00. The van der Waals surface area contributed by atoms with E-state index in [-0.39, 0.29) is 0 Å². The van der Waals surface area contributed by atoms with Gasteiger partial charge in [-0.1, -0.05) is 48.5 Å². The number of aromatic nitrogens is 2. The Labute approximate surface area is 119 Å². The van der Waals surface area contributed by atoms with Gasteiger partial charge in [-0.2, -0.15) is 5.10 Å². The molecule has 1 heterocycles. The molecular weight excluding hydrogens is 246 g/mol. The summed E-state index contributed by atoms with van der Waals surface area (Å²) in [5, 5.41) is 9.31. The Balaban J connectivity index is 1.60. The second-order valence-corrected chi connectivity index (χ2v) is 5.00. The molecule has 0 aliphatic carbocycles. The first-order chi connectivity index (χ1) is 9.84. The van der Waals surface area contributed by atoms with E-state index in [4.69, 9.17) is 0 Å². The predicted molar refractivity (Wildman–Crippen MR) is 82.6 cm³/mol. The van der Waals surface area contributed by atoms with Gasteiger partial charge in [0.25, 0.3) is 0 Å². The molecule has 20 heavy (non-hydrogen) atoms. The van der Waals surface area contributed by atoms with Gasteiger partial charge in [0.05, 0.1) is 11.2 Å². The number of aryl methyl sites for hydroxylation is 1. The van der Waals surface area contributed by atoms with Crippen molar-refractivity contribution >= 4 is 10.9 Å². The molecule has 0 spiro atoms. The summed E-state index contributed by atoms with van der Waals surface area (Å²) in [7, 11) is 2.00. The third-order valence-electron chi connectivity index (χ3n) is 3.56. The van der Waals surface area contributed by atoms with Crippen LogP contribution in [0.2, 0.25) is 0 Å². The van der Waals surface area contributed by atoms with Gasteiger partial charge in [0, 0.05) is 19.0 Å². The molecule has 0 aliphatic rings. The summed E-state index contributed by atoms with van der Waals surface area (Å²) in [4.78, 5) is 0. The Morgan fingerprint density at radius 1 is 1.00 bits per heavy atom. The third-order valence-corrected chi connectivity index (χ3v) is 3.56. The Bertz CT molecular complexity index is 686. The van der Waals surface area contributed by atoms with E-state index in [1.807, 2.05) is 11.7 Å². The van der Waals surface area contributed by atoms with Crippen LogP contribution in [0.15, 0.2) is 54.6 Å². The zero-order valence-electron chi connectivity index (χ0n) is 11.7. The molecule has 0 fully saturated rings. The molecule has 102 valence electrons. The van der Waals surface area contributed by atoms with Gasteiger partial charge in [0.1, 0.15) is 0 Å². The van der Waals surface area contributed by atoms with Crippen molar-refractivity contribution in [3.8, 4) is 0 Å². The standard InChI is InChI=1S/C17H19N3/c1-20-17-10-6-5-9-15(17)16(19-20)13-18-12-11-14-7-3-2-4-8-14/h2-10,18H,11-13H2,1H3. The molecule has 0 unspecified atom stereocenters. The van der Waals surface area contributed by atoms with Crippen LogP contribution in [-0.2, 0) is 20.0 Å². The largest absolute Gasteiger partial charge is 0.311 e. The van der Waals surface area contributed by atoms with Gasteiger partial charge in [-0.3, -0.25) is 4.68 Å². The highest BCUT2D eigenvalue weighted by atomic mass is 15.3. The fourth-order valence-corrected chi connectivity index (χ4v) is 2.50. The summed E-state index contributed by atoms with van der Waals surface area (Å²) >= 11 is 0. The summed E-state index contributed by atoms with van der Waals surface area (Å²) in [5.41, 5.74) is 3.68. The average Bonchev–Trinajstić information content (AvgIpc) is 2.82. The lowest BCUT2D eigenvalue weighted by Gasteiger charge is -2.03. The molecule has 0 saturated heterocycles. The van der Waals surface area contributed by atoms with Crippen LogP contribution in [0.1, 0.15) is 11.3 Å². The van der Waals surface area contributed by atoms with E-state index >= 15 is 0 Å². The number of fused-ring (bicyclic) bond motifs is 1. The topological polar surface area (TPSA) is 29.9 Å². The Hall–Kier alpha value is -2.13. The minimum absolute atomic E-state index is 0.814. The number of nitrogens with one attached hydrogen (secondary N) is 1. The van der Waals surface area contributed by atoms with Crippen molar-refractivity contribution in [1.82, 2.24) is 15.1 Å². The Morgan fingerprint density at radius 3 is 2.60 bits per heavy atom. The SMILES string of the molecule is Cn1nc(CNCCc2ccccc2)c2ccccc21. The number of para-hydroxylation sites is 1. The van der Waals surface area contributed by atoms with Crippen molar-refractivity contribution in [3.05, 3.63) is 65.9 Å². The molecule has 1 N–H and O–H groups in total. The fourth-order valence-electron chi connectivity index (χ4n) is 2.50. The molecule has 0 atom stereocenters. The van der Waals surface area contributed by atoms with Crippen LogP contribution in [-0.4, -0.2) is 16.3 Å². The molecule has 3 nitrogen and oxygen atoms in total. The number of hydrogen-bond donors (Lipinski definition) is 1. The average molecular weight is 265 g/mol. The number of hydrogen-bond acceptors (Lipinski definition) is 2. The normalized spacial score (nSPS) is 11.1. The highest BCUT2D eigenvalue weighted by Gasteiger charge is 2.06. The molecule has 0 amide bonds. The number of nitrogens with zero attached hydrogens (tertiary/aromatic N) is 2. The van der Waals surface area contributed by atoms with Crippen LogP contribution in [0.5, 0.6) is 0 Å². The van der Waals surface area contributed by atoms with Crippen LogP contribution in [0, 0.1) is 0 Å². The maximum atomic E-state index is 4.59. The molecule has 3 rings (SSSR count). The maximum absolute atomic E-state index is 4.59. The highest BCUT2D eigenvalue weighted by molar-refractivity contribution is 5.81. The number of rotatable bonds is 5. The first-order valence-electron chi connectivity index (χ1n) is 7.00. The second kappa shape index (κ2) is 5.88. The Morgan fingerprint density at radius 2 is 1.75 bits per heavy atom.